The van der Waals surface area contributed by atoms with Crippen LogP contribution >= 0.6 is 0 Å². The Morgan fingerprint density at radius 1 is 1.04 bits per heavy atom. The van der Waals surface area contributed by atoms with Gasteiger partial charge in [0.25, 0.3) is 5.91 Å². The lowest BCUT2D eigenvalue weighted by atomic mass is 10.1. The molecular formula is C19H20FNO5. The van der Waals surface area contributed by atoms with Gasteiger partial charge in [0.15, 0.2) is 18.1 Å². The molecule has 2 aromatic rings. The molecule has 0 radical (unpaired) electrons. The van der Waals surface area contributed by atoms with E-state index < -0.39 is 24.3 Å². The van der Waals surface area contributed by atoms with Crippen molar-refractivity contribution >= 4 is 11.9 Å². The van der Waals surface area contributed by atoms with Gasteiger partial charge in [-0.05, 0) is 36.2 Å². The molecule has 7 heteroatoms. The van der Waals surface area contributed by atoms with Gasteiger partial charge in [-0.1, -0.05) is 18.2 Å². The minimum Gasteiger partial charge on any atom is -0.493 e. The van der Waals surface area contributed by atoms with Crippen LogP contribution in [0.25, 0.3) is 0 Å². The molecule has 0 saturated carbocycles. The minimum atomic E-state index is -0.877. The maximum atomic E-state index is 13.5. The standard InChI is InChI=1S/C19H20FNO5/c1-24-16-8-7-13(11-17(16)25-2)9-10-21-18(22)12-26-19(23)14-5-3-4-6-15(14)20/h3-8,11H,9-10,12H2,1-2H3,(H,21,22). The van der Waals surface area contributed by atoms with Crippen LogP contribution in [-0.4, -0.2) is 39.2 Å². The third kappa shape index (κ3) is 5.20. The van der Waals surface area contributed by atoms with Crippen molar-refractivity contribution in [2.75, 3.05) is 27.4 Å². The number of hydrogen-bond donors (Lipinski definition) is 1. The molecule has 6 nitrogen and oxygen atoms in total. The predicted molar refractivity (Wildman–Crippen MR) is 92.9 cm³/mol. The average Bonchev–Trinajstić information content (AvgIpc) is 2.66. The van der Waals surface area contributed by atoms with Crippen LogP contribution in [0.4, 0.5) is 4.39 Å². The molecule has 0 unspecified atom stereocenters. The number of carbonyl (C=O) groups is 2. The zero-order valence-electron chi connectivity index (χ0n) is 14.6. The Morgan fingerprint density at radius 3 is 2.46 bits per heavy atom. The van der Waals surface area contributed by atoms with E-state index in [0.717, 1.165) is 11.6 Å². The van der Waals surface area contributed by atoms with Crippen molar-refractivity contribution in [3.05, 3.63) is 59.4 Å². The smallest absolute Gasteiger partial charge is 0.341 e. The maximum absolute atomic E-state index is 13.5. The highest BCUT2D eigenvalue weighted by Gasteiger charge is 2.14. The van der Waals surface area contributed by atoms with E-state index in [1.807, 2.05) is 12.1 Å². The van der Waals surface area contributed by atoms with Crippen LogP contribution in [0.15, 0.2) is 42.5 Å². The number of hydrogen-bond acceptors (Lipinski definition) is 5. The Labute approximate surface area is 150 Å². The van der Waals surface area contributed by atoms with Crippen molar-refractivity contribution in [2.24, 2.45) is 0 Å². The normalized spacial score (nSPS) is 10.1. The van der Waals surface area contributed by atoms with Crippen LogP contribution in [0.5, 0.6) is 11.5 Å². The third-order valence-electron chi connectivity index (χ3n) is 3.61. The molecule has 0 aliphatic carbocycles. The van der Waals surface area contributed by atoms with Gasteiger partial charge in [-0.15, -0.1) is 0 Å². The van der Waals surface area contributed by atoms with Crippen LogP contribution in [0.3, 0.4) is 0 Å². The molecule has 0 spiro atoms. The van der Waals surface area contributed by atoms with Gasteiger partial charge in [0.2, 0.25) is 0 Å². The topological polar surface area (TPSA) is 73.9 Å². The number of ether oxygens (including phenoxy) is 3. The molecule has 2 rings (SSSR count). The molecule has 0 aliphatic heterocycles. The summed E-state index contributed by atoms with van der Waals surface area (Å²) in [7, 11) is 3.10. The van der Waals surface area contributed by atoms with Crippen molar-refractivity contribution < 1.29 is 28.2 Å². The zero-order valence-corrected chi connectivity index (χ0v) is 14.6. The molecule has 2 aromatic carbocycles. The molecular weight excluding hydrogens is 341 g/mol. The fourth-order valence-corrected chi connectivity index (χ4v) is 2.27. The fraction of sp³-hybridized carbons (Fsp3) is 0.263. The first-order valence-electron chi connectivity index (χ1n) is 7.94. The highest BCUT2D eigenvalue weighted by Crippen LogP contribution is 2.27. The van der Waals surface area contributed by atoms with Crippen LogP contribution in [-0.2, 0) is 16.0 Å². The highest BCUT2D eigenvalue weighted by molar-refractivity contribution is 5.91. The summed E-state index contributed by atoms with van der Waals surface area (Å²) in [6.45, 7) is -0.120. The Bertz CT molecular complexity index is 778. The summed E-state index contributed by atoms with van der Waals surface area (Å²) in [5, 5.41) is 2.64. The van der Waals surface area contributed by atoms with Crippen molar-refractivity contribution in [1.29, 1.82) is 0 Å². The summed E-state index contributed by atoms with van der Waals surface area (Å²) in [4.78, 5) is 23.5. The Kier molecular flexibility index (Phi) is 6.96. The first kappa shape index (κ1) is 19.2. The van der Waals surface area contributed by atoms with Crippen molar-refractivity contribution in [1.82, 2.24) is 5.32 Å². The lowest BCUT2D eigenvalue weighted by molar-refractivity contribution is -0.124. The van der Waals surface area contributed by atoms with E-state index in [-0.39, 0.29) is 5.56 Å². The molecule has 0 atom stereocenters. The molecule has 26 heavy (non-hydrogen) atoms. The molecule has 1 N–H and O–H groups in total. The van der Waals surface area contributed by atoms with Gasteiger partial charge in [0, 0.05) is 6.54 Å². The average molecular weight is 361 g/mol. The molecule has 0 aliphatic rings. The molecule has 0 saturated heterocycles. The molecule has 0 fully saturated rings. The summed E-state index contributed by atoms with van der Waals surface area (Å²) < 4.78 is 28.6. The number of esters is 1. The summed E-state index contributed by atoms with van der Waals surface area (Å²) in [6, 6.07) is 10.9. The number of methoxy groups -OCH3 is 2. The second kappa shape index (κ2) is 9.41. The third-order valence-corrected chi connectivity index (χ3v) is 3.61. The van der Waals surface area contributed by atoms with E-state index in [9.17, 15) is 14.0 Å². The molecule has 0 aromatic heterocycles. The van der Waals surface area contributed by atoms with Crippen LogP contribution < -0.4 is 14.8 Å². The van der Waals surface area contributed by atoms with Crippen molar-refractivity contribution in [2.45, 2.75) is 6.42 Å². The molecule has 0 heterocycles. The van der Waals surface area contributed by atoms with Crippen molar-refractivity contribution in [3.8, 4) is 11.5 Å². The van der Waals surface area contributed by atoms with Gasteiger partial charge < -0.3 is 19.5 Å². The van der Waals surface area contributed by atoms with Gasteiger partial charge >= 0.3 is 5.97 Å². The number of nitrogens with one attached hydrogen (secondary N) is 1. The first-order valence-corrected chi connectivity index (χ1v) is 7.94. The second-order valence-corrected chi connectivity index (χ2v) is 5.35. The van der Waals surface area contributed by atoms with E-state index in [4.69, 9.17) is 14.2 Å². The lowest BCUT2D eigenvalue weighted by Crippen LogP contribution is -2.30. The number of rotatable bonds is 8. The fourth-order valence-electron chi connectivity index (χ4n) is 2.27. The highest BCUT2D eigenvalue weighted by atomic mass is 19.1. The summed E-state index contributed by atoms with van der Waals surface area (Å²) in [5.74, 6) is -0.796. The first-order chi connectivity index (χ1) is 12.5. The van der Waals surface area contributed by atoms with E-state index in [1.54, 1.807) is 20.3 Å². The minimum absolute atomic E-state index is 0.203. The van der Waals surface area contributed by atoms with E-state index in [2.05, 4.69) is 5.32 Å². The SMILES string of the molecule is COc1ccc(CCNC(=O)COC(=O)c2ccccc2F)cc1OC. The van der Waals surface area contributed by atoms with Gasteiger partial charge in [0.1, 0.15) is 5.82 Å². The summed E-state index contributed by atoms with van der Waals surface area (Å²) in [5.41, 5.74) is 0.747. The molecule has 138 valence electrons. The summed E-state index contributed by atoms with van der Waals surface area (Å²) in [6.07, 6.45) is 0.563. The van der Waals surface area contributed by atoms with Gasteiger partial charge in [-0.25, -0.2) is 9.18 Å². The Morgan fingerprint density at radius 2 is 1.77 bits per heavy atom. The largest absolute Gasteiger partial charge is 0.493 e. The predicted octanol–water partition coefficient (Wildman–Crippen LogP) is 2.36. The van der Waals surface area contributed by atoms with Crippen LogP contribution in [0.1, 0.15) is 15.9 Å². The maximum Gasteiger partial charge on any atom is 0.341 e. The Hall–Kier alpha value is -3.09. The quantitative estimate of drug-likeness (QED) is 0.731. The molecule has 1 amide bonds. The van der Waals surface area contributed by atoms with Crippen LogP contribution in [0.2, 0.25) is 0 Å². The van der Waals surface area contributed by atoms with E-state index >= 15 is 0 Å². The van der Waals surface area contributed by atoms with E-state index in [1.165, 1.54) is 18.2 Å². The number of halogens is 1. The van der Waals surface area contributed by atoms with Crippen LogP contribution in [0, 0.1) is 5.82 Å². The van der Waals surface area contributed by atoms with Gasteiger partial charge in [-0.3, -0.25) is 4.79 Å². The molecule has 0 bridgehead atoms. The Balaban J connectivity index is 1.77. The van der Waals surface area contributed by atoms with Gasteiger partial charge in [0.05, 0.1) is 19.8 Å². The van der Waals surface area contributed by atoms with Crippen molar-refractivity contribution in [3.63, 3.8) is 0 Å². The number of benzene rings is 2. The van der Waals surface area contributed by atoms with E-state index in [0.29, 0.717) is 24.5 Å². The zero-order chi connectivity index (χ0) is 18.9. The number of carbonyl (C=O) groups excluding carboxylic acids is 2. The summed E-state index contributed by atoms with van der Waals surface area (Å²) >= 11 is 0. The monoisotopic (exact) mass is 361 g/mol. The number of amides is 1. The second-order valence-electron chi connectivity index (χ2n) is 5.35. The lowest BCUT2D eigenvalue weighted by Gasteiger charge is -2.10. The van der Waals surface area contributed by atoms with Gasteiger partial charge in [-0.2, -0.15) is 0 Å².